The van der Waals surface area contributed by atoms with E-state index in [0.29, 0.717) is 29.3 Å². The van der Waals surface area contributed by atoms with Gasteiger partial charge in [0.2, 0.25) is 5.91 Å². The number of carbonyl (C=O) groups is 2. The minimum absolute atomic E-state index is 0. The normalized spacial score (nSPS) is 18.8. The van der Waals surface area contributed by atoms with Crippen molar-refractivity contribution in [3.05, 3.63) is 17.7 Å². The maximum Gasteiger partial charge on any atom is 0.253 e. The number of hydrogen-bond acceptors (Lipinski definition) is 5. The van der Waals surface area contributed by atoms with Crippen molar-refractivity contribution in [1.82, 2.24) is 5.32 Å². The third kappa shape index (κ3) is 5.52. The van der Waals surface area contributed by atoms with Crippen molar-refractivity contribution in [3.8, 4) is 11.5 Å². The van der Waals surface area contributed by atoms with Crippen LogP contribution in [0.4, 0.5) is 5.69 Å². The first-order valence-corrected chi connectivity index (χ1v) is 9.29. The summed E-state index contributed by atoms with van der Waals surface area (Å²) in [5.74, 6) is 0.703. The fourth-order valence-corrected chi connectivity index (χ4v) is 3.24. The molecule has 7 nitrogen and oxygen atoms in total. The lowest BCUT2D eigenvalue weighted by Crippen LogP contribution is -2.40. The number of nitrogens with one attached hydrogen (secondary N) is 2. The number of halogens is 1. The zero-order valence-corrected chi connectivity index (χ0v) is 18.1. The minimum Gasteiger partial charge on any atom is -0.493 e. The molecule has 2 rings (SSSR count). The van der Waals surface area contributed by atoms with E-state index in [4.69, 9.17) is 15.2 Å². The Morgan fingerprint density at radius 1 is 1.14 bits per heavy atom. The number of nitrogens with two attached hydrogens (primary N) is 1. The molecule has 0 aliphatic heterocycles. The summed E-state index contributed by atoms with van der Waals surface area (Å²) in [7, 11) is 3.02. The number of anilines is 1. The molecule has 28 heavy (non-hydrogen) atoms. The summed E-state index contributed by atoms with van der Waals surface area (Å²) >= 11 is 0. The molecule has 0 bridgehead atoms. The lowest BCUT2D eigenvalue weighted by Gasteiger charge is -2.23. The summed E-state index contributed by atoms with van der Waals surface area (Å²) in [5, 5.41) is 5.92. The second-order valence-electron chi connectivity index (χ2n) is 7.96. The molecule has 2 atom stereocenters. The van der Waals surface area contributed by atoms with Crippen LogP contribution in [-0.4, -0.2) is 38.6 Å². The molecule has 0 saturated heterocycles. The highest BCUT2D eigenvalue weighted by molar-refractivity contribution is 6.05. The van der Waals surface area contributed by atoms with E-state index in [1.807, 2.05) is 20.8 Å². The first-order chi connectivity index (χ1) is 12.7. The fourth-order valence-electron chi connectivity index (χ4n) is 3.24. The smallest absolute Gasteiger partial charge is 0.253 e. The molecule has 1 aliphatic carbocycles. The SMILES string of the molecule is COc1cc(NC(=O)C(C)(C)C)c(C(=O)NC2CCCC2CN)cc1OC.Cl. The van der Waals surface area contributed by atoms with Crippen LogP contribution in [0.3, 0.4) is 0 Å². The lowest BCUT2D eigenvalue weighted by atomic mass is 9.95. The van der Waals surface area contributed by atoms with E-state index in [1.54, 1.807) is 12.1 Å². The minimum atomic E-state index is -0.600. The highest BCUT2D eigenvalue weighted by Gasteiger charge is 2.30. The summed E-state index contributed by atoms with van der Waals surface area (Å²) in [5.41, 5.74) is 5.96. The number of carbonyl (C=O) groups excluding carboxylic acids is 2. The second kappa shape index (κ2) is 9.98. The third-order valence-electron chi connectivity index (χ3n) is 4.98. The van der Waals surface area contributed by atoms with Crippen molar-refractivity contribution in [1.29, 1.82) is 0 Å². The first kappa shape index (κ1) is 24.0. The van der Waals surface area contributed by atoms with E-state index in [0.717, 1.165) is 19.3 Å². The highest BCUT2D eigenvalue weighted by Crippen LogP contribution is 2.34. The Morgan fingerprint density at radius 2 is 1.75 bits per heavy atom. The molecule has 4 N–H and O–H groups in total. The monoisotopic (exact) mass is 413 g/mol. The molecular formula is C20H32ClN3O4. The number of methoxy groups -OCH3 is 2. The Hall–Kier alpha value is -1.99. The van der Waals surface area contributed by atoms with Crippen LogP contribution < -0.4 is 25.8 Å². The molecule has 1 aromatic carbocycles. The zero-order valence-electron chi connectivity index (χ0n) is 17.3. The van der Waals surface area contributed by atoms with Gasteiger partial charge in [0.1, 0.15) is 0 Å². The molecule has 2 amide bonds. The summed E-state index contributed by atoms with van der Waals surface area (Å²) in [6.45, 7) is 5.98. The van der Waals surface area contributed by atoms with Gasteiger partial charge in [0.25, 0.3) is 5.91 Å². The molecule has 2 unspecified atom stereocenters. The Balaban J connectivity index is 0.00000392. The summed E-state index contributed by atoms with van der Waals surface area (Å²) in [4.78, 5) is 25.5. The van der Waals surface area contributed by atoms with E-state index < -0.39 is 5.41 Å². The van der Waals surface area contributed by atoms with Crippen molar-refractivity contribution in [3.63, 3.8) is 0 Å². The van der Waals surface area contributed by atoms with Crippen LogP contribution in [0.2, 0.25) is 0 Å². The Bertz CT molecular complexity index is 703. The van der Waals surface area contributed by atoms with Gasteiger partial charge < -0.3 is 25.8 Å². The number of rotatable bonds is 6. The average Bonchev–Trinajstić information content (AvgIpc) is 3.07. The number of ether oxygens (including phenoxy) is 2. The largest absolute Gasteiger partial charge is 0.493 e. The standard InChI is InChI=1S/C20H31N3O4.ClH/c1-20(2,3)19(25)23-15-10-17(27-5)16(26-4)9-13(15)18(24)22-14-8-6-7-12(14)11-21;/h9-10,12,14H,6-8,11,21H2,1-5H3,(H,22,24)(H,23,25);1H. The predicted octanol–water partition coefficient (Wildman–Crippen LogP) is 2.97. The fraction of sp³-hybridized carbons (Fsp3) is 0.600. The Morgan fingerprint density at radius 3 is 2.29 bits per heavy atom. The van der Waals surface area contributed by atoms with E-state index in [-0.39, 0.29) is 36.2 Å². The van der Waals surface area contributed by atoms with Gasteiger partial charge in [0, 0.05) is 17.5 Å². The van der Waals surface area contributed by atoms with Crippen LogP contribution >= 0.6 is 12.4 Å². The molecular weight excluding hydrogens is 382 g/mol. The van der Waals surface area contributed by atoms with Gasteiger partial charge in [-0.05, 0) is 31.4 Å². The van der Waals surface area contributed by atoms with Crippen LogP contribution in [0, 0.1) is 11.3 Å². The molecule has 8 heteroatoms. The van der Waals surface area contributed by atoms with Gasteiger partial charge in [-0.2, -0.15) is 0 Å². The average molecular weight is 414 g/mol. The molecule has 1 saturated carbocycles. The van der Waals surface area contributed by atoms with Crippen LogP contribution in [0.1, 0.15) is 50.4 Å². The van der Waals surface area contributed by atoms with Crippen molar-refractivity contribution >= 4 is 29.9 Å². The summed E-state index contributed by atoms with van der Waals surface area (Å²) in [6, 6.07) is 3.26. The zero-order chi connectivity index (χ0) is 20.2. The molecule has 158 valence electrons. The topological polar surface area (TPSA) is 103 Å². The quantitative estimate of drug-likeness (QED) is 0.665. The van der Waals surface area contributed by atoms with Crippen molar-refractivity contribution in [2.75, 3.05) is 26.1 Å². The van der Waals surface area contributed by atoms with Gasteiger partial charge in [-0.3, -0.25) is 9.59 Å². The molecule has 0 spiro atoms. The number of amides is 2. The van der Waals surface area contributed by atoms with E-state index in [2.05, 4.69) is 10.6 Å². The van der Waals surface area contributed by atoms with Crippen LogP contribution in [0.15, 0.2) is 12.1 Å². The van der Waals surface area contributed by atoms with Gasteiger partial charge in [-0.1, -0.05) is 27.2 Å². The number of benzene rings is 1. The van der Waals surface area contributed by atoms with Crippen LogP contribution in [0.25, 0.3) is 0 Å². The van der Waals surface area contributed by atoms with Gasteiger partial charge >= 0.3 is 0 Å². The Kier molecular flexibility index (Phi) is 8.57. The van der Waals surface area contributed by atoms with Gasteiger partial charge in [0.05, 0.1) is 25.5 Å². The van der Waals surface area contributed by atoms with Gasteiger partial charge in [0.15, 0.2) is 11.5 Å². The van der Waals surface area contributed by atoms with Gasteiger partial charge in [-0.15, -0.1) is 12.4 Å². The lowest BCUT2D eigenvalue weighted by molar-refractivity contribution is -0.123. The highest BCUT2D eigenvalue weighted by atomic mass is 35.5. The molecule has 0 radical (unpaired) electrons. The molecule has 1 aliphatic rings. The summed E-state index contributed by atoms with van der Waals surface area (Å²) < 4.78 is 10.7. The maximum absolute atomic E-state index is 13.0. The molecule has 1 fully saturated rings. The van der Waals surface area contributed by atoms with E-state index >= 15 is 0 Å². The third-order valence-corrected chi connectivity index (χ3v) is 4.98. The van der Waals surface area contributed by atoms with Crippen molar-refractivity contribution < 1.29 is 19.1 Å². The van der Waals surface area contributed by atoms with Gasteiger partial charge in [-0.25, -0.2) is 0 Å². The first-order valence-electron chi connectivity index (χ1n) is 9.29. The Labute approximate surface area is 173 Å². The summed E-state index contributed by atoms with van der Waals surface area (Å²) in [6.07, 6.45) is 2.97. The van der Waals surface area contributed by atoms with Crippen LogP contribution in [0.5, 0.6) is 11.5 Å². The van der Waals surface area contributed by atoms with Crippen molar-refractivity contribution in [2.24, 2.45) is 17.1 Å². The molecule has 1 aromatic rings. The maximum atomic E-state index is 13.0. The molecule has 0 heterocycles. The second-order valence-corrected chi connectivity index (χ2v) is 7.96. The predicted molar refractivity (Wildman–Crippen MR) is 113 cm³/mol. The van der Waals surface area contributed by atoms with E-state index in [1.165, 1.54) is 14.2 Å². The van der Waals surface area contributed by atoms with Crippen molar-refractivity contribution in [2.45, 2.75) is 46.1 Å². The van der Waals surface area contributed by atoms with Crippen LogP contribution in [-0.2, 0) is 4.79 Å². The number of hydrogen-bond donors (Lipinski definition) is 3. The molecule has 0 aromatic heterocycles. The van der Waals surface area contributed by atoms with E-state index in [9.17, 15) is 9.59 Å².